The van der Waals surface area contributed by atoms with E-state index in [1.54, 1.807) is 7.05 Å². The van der Waals surface area contributed by atoms with Crippen LogP contribution in [0, 0.1) is 5.82 Å². The predicted octanol–water partition coefficient (Wildman–Crippen LogP) is 2.96. The molecular weight excluding hydrogens is 377 g/mol. The van der Waals surface area contributed by atoms with Crippen molar-refractivity contribution in [3.05, 3.63) is 53.8 Å². The molecule has 0 unspecified atom stereocenters. The maximum absolute atomic E-state index is 14.0. The maximum Gasteiger partial charge on any atom is 0.259 e. The quantitative estimate of drug-likeness (QED) is 0.683. The highest BCUT2D eigenvalue weighted by molar-refractivity contribution is 7.89. The predicted molar refractivity (Wildman–Crippen MR) is 99.6 cm³/mol. The van der Waals surface area contributed by atoms with Gasteiger partial charge in [-0.05, 0) is 30.3 Å². The van der Waals surface area contributed by atoms with Gasteiger partial charge in [0.15, 0.2) is 5.13 Å². The molecule has 2 aromatic carbocycles. The number of rotatable bonds is 4. The minimum absolute atomic E-state index is 0.0635. The van der Waals surface area contributed by atoms with Gasteiger partial charge in [-0.15, -0.1) is 0 Å². The van der Waals surface area contributed by atoms with E-state index in [1.807, 2.05) is 24.3 Å². The lowest BCUT2D eigenvalue weighted by atomic mass is 10.2. The number of anilines is 1. The normalized spacial score (nSPS) is 11.9. The first-order valence-corrected chi connectivity index (χ1v) is 9.83. The van der Waals surface area contributed by atoms with Gasteiger partial charge in [0.05, 0.1) is 10.2 Å². The second-order valence-electron chi connectivity index (χ2n) is 5.76. The summed E-state index contributed by atoms with van der Waals surface area (Å²) in [4.78, 5) is 17.9. The number of halogens is 1. The van der Waals surface area contributed by atoms with Crippen molar-refractivity contribution < 1.29 is 17.6 Å². The molecule has 6 nitrogen and oxygen atoms in total. The summed E-state index contributed by atoms with van der Waals surface area (Å²) in [5.41, 5.74) is 0.829. The third-order valence-corrected chi connectivity index (χ3v) is 6.75. The zero-order valence-corrected chi connectivity index (χ0v) is 15.9. The molecule has 0 saturated carbocycles. The number of hydrogen-bond donors (Lipinski definition) is 0. The number of thiazole rings is 1. The van der Waals surface area contributed by atoms with Crippen LogP contribution < -0.4 is 4.90 Å². The fourth-order valence-electron chi connectivity index (χ4n) is 2.31. The summed E-state index contributed by atoms with van der Waals surface area (Å²) in [5, 5.41) is 0.470. The van der Waals surface area contributed by atoms with Gasteiger partial charge in [-0.25, -0.2) is 22.1 Å². The van der Waals surface area contributed by atoms with Crippen LogP contribution in [0.3, 0.4) is 0 Å². The van der Waals surface area contributed by atoms with Crippen LogP contribution in [0.2, 0.25) is 0 Å². The Morgan fingerprint density at radius 2 is 1.81 bits per heavy atom. The van der Waals surface area contributed by atoms with Crippen LogP contribution in [0.25, 0.3) is 10.2 Å². The minimum atomic E-state index is -4.00. The highest BCUT2D eigenvalue weighted by Crippen LogP contribution is 2.29. The van der Waals surface area contributed by atoms with Gasteiger partial charge in [-0.1, -0.05) is 23.5 Å². The van der Waals surface area contributed by atoms with Gasteiger partial charge < -0.3 is 0 Å². The molecule has 1 heterocycles. The molecular formula is C17H16FN3O3S2. The standard InChI is InChI=1S/C17H16FN3O3S2/c1-20(2)26(23,24)15-10-11(8-9-12(15)18)16(22)21(3)17-19-13-6-4-5-7-14(13)25-17/h4-10H,1-3H3. The van der Waals surface area contributed by atoms with E-state index in [9.17, 15) is 17.6 Å². The molecule has 0 N–H and O–H groups in total. The monoisotopic (exact) mass is 393 g/mol. The molecule has 0 aliphatic heterocycles. The molecule has 0 bridgehead atoms. The van der Waals surface area contributed by atoms with E-state index in [2.05, 4.69) is 4.98 Å². The van der Waals surface area contributed by atoms with Crippen molar-refractivity contribution in [3.8, 4) is 0 Å². The molecule has 136 valence electrons. The average Bonchev–Trinajstić information content (AvgIpc) is 3.04. The number of nitrogens with zero attached hydrogens (tertiary/aromatic N) is 3. The van der Waals surface area contributed by atoms with Gasteiger partial charge in [-0.3, -0.25) is 9.69 Å². The van der Waals surface area contributed by atoms with Crippen molar-refractivity contribution in [2.24, 2.45) is 0 Å². The number of amides is 1. The number of benzene rings is 2. The van der Waals surface area contributed by atoms with Crippen molar-refractivity contribution in [2.75, 3.05) is 26.0 Å². The summed E-state index contributed by atoms with van der Waals surface area (Å²) in [6.07, 6.45) is 0. The number of fused-ring (bicyclic) bond motifs is 1. The largest absolute Gasteiger partial charge is 0.287 e. The summed E-state index contributed by atoms with van der Waals surface area (Å²) < 4.78 is 40.3. The molecule has 3 rings (SSSR count). The molecule has 1 aromatic heterocycles. The number of sulfonamides is 1. The Hall–Kier alpha value is -2.36. The van der Waals surface area contributed by atoms with E-state index in [0.717, 1.165) is 26.7 Å². The lowest BCUT2D eigenvalue weighted by molar-refractivity contribution is 0.0992. The number of carbonyl (C=O) groups is 1. The van der Waals surface area contributed by atoms with Crippen molar-refractivity contribution in [1.29, 1.82) is 0 Å². The fraction of sp³-hybridized carbons (Fsp3) is 0.176. The van der Waals surface area contributed by atoms with E-state index < -0.39 is 26.6 Å². The Kier molecular flexibility index (Phi) is 4.78. The Morgan fingerprint density at radius 1 is 1.12 bits per heavy atom. The third kappa shape index (κ3) is 3.20. The van der Waals surface area contributed by atoms with Gasteiger partial charge in [0, 0.05) is 26.7 Å². The third-order valence-electron chi connectivity index (χ3n) is 3.81. The molecule has 0 fully saturated rings. The van der Waals surface area contributed by atoms with E-state index in [0.29, 0.717) is 5.13 Å². The van der Waals surface area contributed by atoms with E-state index in [-0.39, 0.29) is 5.56 Å². The number of aromatic nitrogens is 1. The second kappa shape index (κ2) is 6.75. The molecule has 26 heavy (non-hydrogen) atoms. The molecule has 0 saturated heterocycles. The van der Waals surface area contributed by atoms with Crippen LogP contribution in [0.1, 0.15) is 10.4 Å². The van der Waals surface area contributed by atoms with Crippen molar-refractivity contribution in [2.45, 2.75) is 4.90 Å². The van der Waals surface area contributed by atoms with Gasteiger partial charge >= 0.3 is 0 Å². The SMILES string of the molecule is CN(C(=O)c1ccc(F)c(S(=O)(=O)N(C)C)c1)c1nc2ccccc2s1. The molecule has 1 amide bonds. The first-order chi connectivity index (χ1) is 12.2. The zero-order valence-electron chi connectivity index (χ0n) is 14.3. The lowest BCUT2D eigenvalue weighted by Gasteiger charge is -2.16. The Labute approximate surface area is 154 Å². The molecule has 0 spiro atoms. The van der Waals surface area contributed by atoms with Crippen LogP contribution >= 0.6 is 11.3 Å². The summed E-state index contributed by atoms with van der Waals surface area (Å²) in [6, 6.07) is 10.8. The van der Waals surface area contributed by atoms with E-state index in [4.69, 9.17) is 0 Å². The highest BCUT2D eigenvalue weighted by Gasteiger charge is 2.25. The summed E-state index contributed by atoms with van der Waals surface area (Å²) in [6.45, 7) is 0. The van der Waals surface area contributed by atoms with Gasteiger partial charge in [0.2, 0.25) is 10.0 Å². The van der Waals surface area contributed by atoms with Gasteiger partial charge in [-0.2, -0.15) is 0 Å². The van der Waals surface area contributed by atoms with Crippen LogP contribution in [-0.4, -0.2) is 44.8 Å². The molecule has 0 aliphatic carbocycles. The Bertz CT molecular complexity index is 1060. The second-order valence-corrected chi connectivity index (χ2v) is 8.89. The van der Waals surface area contributed by atoms with Crippen LogP contribution in [-0.2, 0) is 10.0 Å². The van der Waals surface area contributed by atoms with E-state index in [1.165, 1.54) is 36.4 Å². The Morgan fingerprint density at radius 3 is 2.46 bits per heavy atom. The lowest BCUT2D eigenvalue weighted by Crippen LogP contribution is -2.27. The molecule has 9 heteroatoms. The highest BCUT2D eigenvalue weighted by atomic mass is 32.2. The van der Waals surface area contributed by atoms with Gasteiger partial charge in [0.1, 0.15) is 10.7 Å². The summed E-state index contributed by atoms with van der Waals surface area (Å²) >= 11 is 1.34. The number of para-hydroxylation sites is 1. The Balaban J connectivity index is 1.99. The molecule has 0 aliphatic rings. The summed E-state index contributed by atoms with van der Waals surface area (Å²) in [7, 11) is 0.150. The van der Waals surface area contributed by atoms with Crippen molar-refractivity contribution in [3.63, 3.8) is 0 Å². The van der Waals surface area contributed by atoms with Crippen LogP contribution in [0.15, 0.2) is 47.4 Å². The topological polar surface area (TPSA) is 70.6 Å². The van der Waals surface area contributed by atoms with Crippen molar-refractivity contribution in [1.82, 2.24) is 9.29 Å². The fourth-order valence-corrected chi connectivity index (χ4v) is 4.22. The van der Waals surface area contributed by atoms with Gasteiger partial charge in [0.25, 0.3) is 5.91 Å². The van der Waals surface area contributed by atoms with Crippen molar-refractivity contribution >= 4 is 42.6 Å². The zero-order chi connectivity index (χ0) is 19.1. The number of hydrogen-bond acceptors (Lipinski definition) is 5. The summed E-state index contributed by atoms with van der Waals surface area (Å²) in [5.74, 6) is -1.38. The first-order valence-electron chi connectivity index (χ1n) is 7.57. The van der Waals surface area contributed by atoms with Crippen LogP contribution in [0.4, 0.5) is 9.52 Å². The number of carbonyl (C=O) groups excluding carboxylic acids is 1. The molecule has 0 radical (unpaired) electrons. The first kappa shape index (κ1) is 18.4. The smallest absolute Gasteiger partial charge is 0.259 e. The molecule has 3 aromatic rings. The molecule has 0 atom stereocenters. The minimum Gasteiger partial charge on any atom is -0.287 e. The van der Waals surface area contributed by atoms with E-state index >= 15 is 0 Å². The van der Waals surface area contributed by atoms with Crippen LogP contribution in [0.5, 0.6) is 0 Å². The maximum atomic E-state index is 14.0. The average molecular weight is 393 g/mol.